The Kier molecular flexibility index (Phi) is 7.29. The molecule has 1 aliphatic heterocycles. The Morgan fingerprint density at radius 1 is 1.12 bits per heavy atom. The number of amides is 1. The third kappa shape index (κ3) is 4.43. The molecule has 0 saturated carbocycles. The summed E-state index contributed by atoms with van der Waals surface area (Å²) in [6, 6.07) is 12.8. The number of thiophene rings is 1. The first-order valence-corrected chi connectivity index (χ1v) is 12.5. The number of Topliss-reactive ketones (excluding diaryl/α,β-unsaturated/α-hetero) is 1. The van der Waals surface area contributed by atoms with Gasteiger partial charge in [0.25, 0.3) is 11.7 Å². The van der Waals surface area contributed by atoms with Gasteiger partial charge in [0.15, 0.2) is 0 Å². The van der Waals surface area contributed by atoms with Gasteiger partial charge in [-0.15, -0.1) is 11.3 Å². The predicted molar refractivity (Wildman–Crippen MR) is 134 cm³/mol. The lowest BCUT2D eigenvalue weighted by atomic mass is 10.00. The molecule has 1 fully saturated rings. The van der Waals surface area contributed by atoms with Crippen molar-refractivity contribution in [2.45, 2.75) is 33.2 Å². The lowest BCUT2D eigenvalue weighted by molar-refractivity contribution is -0.139. The maximum absolute atomic E-state index is 13.2. The van der Waals surface area contributed by atoms with Crippen LogP contribution in [0.3, 0.4) is 0 Å². The molecule has 7 nitrogen and oxygen atoms in total. The summed E-state index contributed by atoms with van der Waals surface area (Å²) in [6.07, 6.45) is 2.30. The number of aromatic nitrogens is 2. The molecule has 1 aliphatic rings. The van der Waals surface area contributed by atoms with Crippen LogP contribution in [-0.2, 0) is 9.59 Å². The molecule has 1 saturated heterocycles. The Hall–Kier alpha value is -3.23. The molecule has 3 heterocycles. The van der Waals surface area contributed by atoms with Gasteiger partial charge in [-0.05, 0) is 56.6 Å². The average molecular weight is 479 g/mol. The Morgan fingerprint density at radius 3 is 2.50 bits per heavy atom. The highest BCUT2D eigenvalue weighted by Gasteiger charge is 2.46. The molecule has 178 valence electrons. The standard InChI is InChI=1S/C26H30N4O3S/c1-4-28(5-2)14-10-15-29-23(21-13-9-16-34-21)22(25(32)26(29)33)24(31)20-17-27-30(18(20)3)19-11-7-6-8-12-19/h6-9,11-13,16-17,23,31H,4-5,10,14-15H2,1-3H3. The largest absolute Gasteiger partial charge is 0.507 e. The van der Waals surface area contributed by atoms with Crippen molar-refractivity contribution in [3.8, 4) is 5.69 Å². The quantitative estimate of drug-likeness (QED) is 0.280. The molecular formula is C26H30N4O3S. The van der Waals surface area contributed by atoms with E-state index in [-0.39, 0.29) is 11.3 Å². The summed E-state index contributed by atoms with van der Waals surface area (Å²) in [5, 5.41) is 17.7. The van der Waals surface area contributed by atoms with Gasteiger partial charge in [0.05, 0.1) is 34.8 Å². The van der Waals surface area contributed by atoms with Crippen molar-refractivity contribution in [1.29, 1.82) is 0 Å². The molecule has 34 heavy (non-hydrogen) atoms. The number of aliphatic hydroxyl groups excluding tert-OH is 1. The molecule has 8 heteroatoms. The Morgan fingerprint density at radius 2 is 1.85 bits per heavy atom. The van der Waals surface area contributed by atoms with E-state index in [0.29, 0.717) is 17.8 Å². The number of nitrogens with zero attached hydrogens (tertiary/aromatic N) is 4. The molecular weight excluding hydrogens is 448 g/mol. The van der Waals surface area contributed by atoms with Crippen LogP contribution in [0.2, 0.25) is 0 Å². The molecule has 0 radical (unpaired) electrons. The maximum atomic E-state index is 13.2. The second-order valence-electron chi connectivity index (χ2n) is 8.28. The van der Waals surface area contributed by atoms with Crippen molar-refractivity contribution < 1.29 is 14.7 Å². The van der Waals surface area contributed by atoms with Gasteiger partial charge < -0.3 is 14.9 Å². The highest BCUT2D eigenvalue weighted by Crippen LogP contribution is 2.41. The first-order chi connectivity index (χ1) is 16.5. The zero-order chi connectivity index (χ0) is 24.2. The summed E-state index contributed by atoms with van der Waals surface area (Å²) in [7, 11) is 0. The van der Waals surface area contributed by atoms with Gasteiger partial charge in [-0.1, -0.05) is 38.1 Å². The molecule has 3 aromatic rings. The molecule has 1 atom stereocenters. The van der Waals surface area contributed by atoms with Crippen LogP contribution in [-0.4, -0.2) is 62.6 Å². The van der Waals surface area contributed by atoms with Crippen LogP contribution in [0, 0.1) is 6.92 Å². The predicted octanol–water partition coefficient (Wildman–Crippen LogP) is 4.40. The van der Waals surface area contributed by atoms with Crippen LogP contribution >= 0.6 is 11.3 Å². The van der Waals surface area contributed by atoms with E-state index in [0.717, 1.165) is 36.6 Å². The van der Waals surface area contributed by atoms with Gasteiger partial charge >= 0.3 is 0 Å². The van der Waals surface area contributed by atoms with Gasteiger partial charge in [0, 0.05) is 11.4 Å². The van der Waals surface area contributed by atoms with Gasteiger partial charge in [-0.3, -0.25) is 9.59 Å². The van der Waals surface area contributed by atoms with Gasteiger partial charge in [0.2, 0.25) is 0 Å². The van der Waals surface area contributed by atoms with E-state index in [1.807, 2.05) is 54.8 Å². The molecule has 0 bridgehead atoms. The second kappa shape index (κ2) is 10.4. The lowest BCUT2D eigenvalue weighted by Crippen LogP contribution is -2.33. The zero-order valence-electron chi connectivity index (χ0n) is 19.8. The van der Waals surface area contributed by atoms with Crippen molar-refractivity contribution in [2.75, 3.05) is 26.2 Å². The molecule has 0 spiro atoms. The second-order valence-corrected chi connectivity index (χ2v) is 9.26. The summed E-state index contributed by atoms with van der Waals surface area (Å²) in [4.78, 5) is 31.0. The fourth-order valence-electron chi connectivity index (χ4n) is 4.47. The molecule has 1 N–H and O–H groups in total. The van der Waals surface area contributed by atoms with Crippen molar-refractivity contribution in [1.82, 2.24) is 19.6 Å². The zero-order valence-corrected chi connectivity index (χ0v) is 20.6. The minimum absolute atomic E-state index is 0.131. The third-order valence-corrected chi connectivity index (χ3v) is 7.31. The SMILES string of the molecule is CCN(CC)CCCN1C(=O)C(=O)C(=C(O)c2cnn(-c3ccccc3)c2C)C1c1cccs1. The topological polar surface area (TPSA) is 78.7 Å². The minimum atomic E-state index is -0.648. The van der Waals surface area contributed by atoms with Crippen LogP contribution in [0.4, 0.5) is 0 Å². The van der Waals surface area contributed by atoms with Crippen LogP contribution < -0.4 is 0 Å². The number of carbonyl (C=O) groups excluding carboxylic acids is 2. The van der Waals surface area contributed by atoms with E-state index >= 15 is 0 Å². The number of hydrogen-bond acceptors (Lipinski definition) is 6. The Labute approximate surface area is 203 Å². The Balaban J connectivity index is 1.72. The summed E-state index contributed by atoms with van der Waals surface area (Å²) in [6.45, 7) is 9.23. The third-order valence-electron chi connectivity index (χ3n) is 6.39. The van der Waals surface area contributed by atoms with Gasteiger partial charge in [-0.2, -0.15) is 5.10 Å². The molecule has 1 aromatic carbocycles. The summed E-state index contributed by atoms with van der Waals surface area (Å²) in [5.74, 6) is -1.39. The highest BCUT2D eigenvalue weighted by molar-refractivity contribution is 7.10. The monoisotopic (exact) mass is 478 g/mol. The number of likely N-dealkylation sites (tertiary alicyclic amines) is 1. The number of para-hydroxylation sites is 1. The Bertz CT molecular complexity index is 1180. The minimum Gasteiger partial charge on any atom is -0.507 e. The number of carbonyl (C=O) groups is 2. The first kappa shape index (κ1) is 23.9. The number of rotatable bonds is 9. The van der Waals surface area contributed by atoms with Crippen LogP contribution in [0.1, 0.15) is 42.4 Å². The average Bonchev–Trinajstić information content (AvgIpc) is 3.57. The number of aliphatic hydroxyl groups is 1. The van der Waals surface area contributed by atoms with E-state index < -0.39 is 17.7 Å². The van der Waals surface area contributed by atoms with Crippen molar-refractivity contribution in [3.05, 3.63) is 75.7 Å². The number of hydrogen-bond donors (Lipinski definition) is 1. The van der Waals surface area contributed by atoms with E-state index in [4.69, 9.17) is 0 Å². The molecule has 1 unspecified atom stereocenters. The van der Waals surface area contributed by atoms with Crippen LogP contribution in [0.25, 0.3) is 11.4 Å². The highest BCUT2D eigenvalue weighted by atomic mass is 32.1. The normalized spacial score (nSPS) is 17.8. The summed E-state index contributed by atoms with van der Waals surface area (Å²) in [5.41, 5.74) is 2.13. The van der Waals surface area contributed by atoms with E-state index in [9.17, 15) is 14.7 Å². The summed E-state index contributed by atoms with van der Waals surface area (Å²) < 4.78 is 1.72. The van der Waals surface area contributed by atoms with E-state index in [2.05, 4.69) is 23.8 Å². The van der Waals surface area contributed by atoms with E-state index in [1.165, 1.54) is 11.3 Å². The maximum Gasteiger partial charge on any atom is 0.295 e. The van der Waals surface area contributed by atoms with Crippen molar-refractivity contribution in [2.24, 2.45) is 0 Å². The van der Waals surface area contributed by atoms with Crippen LogP contribution in [0.15, 0.2) is 59.6 Å². The molecule has 0 aliphatic carbocycles. The number of benzene rings is 1. The van der Waals surface area contributed by atoms with Crippen molar-refractivity contribution >= 4 is 28.8 Å². The fraction of sp³-hybridized carbons (Fsp3) is 0.346. The van der Waals surface area contributed by atoms with Gasteiger partial charge in [0.1, 0.15) is 5.76 Å². The number of ketones is 1. The smallest absolute Gasteiger partial charge is 0.295 e. The van der Waals surface area contributed by atoms with Gasteiger partial charge in [-0.25, -0.2) is 4.68 Å². The van der Waals surface area contributed by atoms with Crippen LogP contribution in [0.5, 0.6) is 0 Å². The fourth-order valence-corrected chi connectivity index (χ4v) is 5.32. The first-order valence-electron chi connectivity index (χ1n) is 11.6. The molecule has 2 aromatic heterocycles. The lowest BCUT2D eigenvalue weighted by Gasteiger charge is -2.25. The molecule has 4 rings (SSSR count). The van der Waals surface area contributed by atoms with E-state index in [1.54, 1.807) is 15.8 Å². The summed E-state index contributed by atoms with van der Waals surface area (Å²) >= 11 is 1.48. The van der Waals surface area contributed by atoms with Crippen molar-refractivity contribution in [3.63, 3.8) is 0 Å². The molecule has 1 amide bonds.